The fourth-order valence-corrected chi connectivity index (χ4v) is 3.19. The van der Waals surface area contributed by atoms with Crippen molar-refractivity contribution < 1.29 is 13.5 Å². The average Bonchev–Trinajstić information content (AvgIpc) is 2.62. The standard InChI is InChI=1S/C7H11ClN2O3S2/c1-2-5(11)3-10-15(12,13)6-4-9-7(8)14-6/h4-5,10-11H,2-3H2,1H3. The lowest BCUT2D eigenvalue weighted by Gasteiger charge is -2.08. The monoisotopic (exact) mass is 270 g/mol. The van der Waals surface area contributed by atoms with E-state index in [0.29, 0.717) is 6.42 Å². The summed E-state index contributed by atoms with van der Waals surface area (Å²) in [7, 11) is -3.58. The van der Waals surface area contributed by atoms with E-state index in [0.717, 1.165) is 11.3 Å². The van der Waals surface area contributed by atoms with Crippen LogP contribution in [0.1, 0.15) is 13.3 Å². The number of aliphatic hydroxyl groups is 1. The lowest BCUT2D eigenvalue weighted by atomic mass is 10.3. The number of sulfonamides is 1. The SMILES string of the molecule is CCC(O)CNS(=O)(=O)c1cnc(Cl)s1. The molecule has 1 aromatic rings. The van der Waals surface area contributed by atoms with E-state index in [1.54, 1.807) is 6.92 Å². The Morgan fingerprint density at radius 3 is 2.87 bits per heavy atom. The minimum absolute atomic E-state index is 0.00560. The van der Waals surface area contributed by atoms with Gasteiger partial charge < -0.3 is 5.11 Å². The van der Waals surface area contributed by atoms with Crippen LogP contribution in [0.5, 0.6) is 0 Å². The van der Waals surface area contributed by atoms with Gasteiger partial charge in [0.25, 0.3) is 10.0 Å². The van der Waals surface area contributed by atoms with E-state index in [9.17, 15) is 13.5 Å². The third-order valence-corrected chi connectivity index (χ3v) is 4.70. The van der Waals surface area contributed by atoms with Crippen molar-refractivity contribution >= 4 is 33.0 Å². The van der Waals surface area contributed by atoms with E-state index in [-0.39, 0.29) is 15.2 Å². The lowest BCUT2D eigenvalue weighted by Crippen LogP contribution is -2.31. The maximum Gasteiger partial charge on any atom is 0.251 e. The van der Waals surface area contributed by atoms with Crippen molar-refractivity contribution in [2.45, 2.75) is 23.7 Å². The Balaban J connectivity index is 2.68. The first-order chi connectivity index (χ1) is 6.95. The van der Waals surface area contributed by atoms with Crippen LogP contribution in [0, 0.1) is 0 Å². The summed E-state index contributed by atoms with van der Waals surface area (Å²) in [5, 5.41) is 9.21. The van der Waals surface area contributed by atoms with Gasteiger partial charge in [-0.3, -0.25) is 0 Å². The summed E-state index contributed by atoms with van der Waals surface area (Å²) in [5.74, 6) is 0. The number of aliphatic hydroxyl groups excluding tert-OH is 1. The quantitative estimate of drug-likeness (QED) is 0.831. The second-order valence-corrected chi connectivity index (χ2v) is 6.45. The van der Waals surface area contributed by atoms with Crippen LogP contribution in [0.3, 0.4) is 0 Å². The zero-order valence-corrected chi connectivity index (χ0v) is 10.4. The highest BCUT2D eigenvalue weighted by molar-refractivity contribution is 7.91. The van der Waals surface area contributed by atoms with E-state index >= 15 is 0 Å². The third kappa shape index (κ3) is 3.69. The number of aromatic nitrogens is 1. The van der Waals surface area contributed by atoms with E-state index in [2.05, 4.69) is 9.71 Å². The highest BCUT2D eigenvalue weighted by Gasteiger charge is 2.18. The number of hydrogen-bond donors (Lipinski definition) is 2. The molecule has 1 atom stereocenters. The van der Waals surface area contributed by atoms with Gasteiger partial charge >= 0.3 is 0 Å². The van der Waals surface area contributed by atoms with Crippen LogP contribution >= 0.6 is 22.9 Å². The van der Waals surface area contributed by atoms with Crippen molar-refractivity contribution in [3.8, 4) is 0 Å². The zero-order chi connectivity index (χ0) is 11.5. The fraction of sp³-hybridized carbons (Fsp3) is 0.571. The molecule has 0 aliphatic rings. The number of rotatable bonds is 5. The summed E-state index contributed by atoms with van der Waals surface area (Å²) in [5.41, 5.74) is 0. The van der Waals surface area contributed by atoms with Gasteiger partial charge in [-0.2, -0.15) is 0 Å². The number of thiazole rings is 1. The highest BCUT2D eigenvalue weighted by Crippen LogP contribution is 2.21. The molecule has 0 saturated heterocycles. The minimum Gasteiger partial charge on any atom is -0.392 e. The molecular formula is C7H11ClN2O3S2. The Morgan fingerprint density at radius 2 is 2.40 bits per heavy atom. The Morgan fingerprint density at radius 1 is 1.73 bits per heavy atom. The van der Waals surface area contributed by atoms with Crippen LogP contribution in [0.25, 0.3) is 0 Å². The molecule has 0 radical (unpaired) electrons. The van der Waals surface area contributed by atoms with Gasteiger partial charge in [0.1, 0.15) is 0 Å². The van der Waals surface area contributed by atoms with Crippen molar-refractivity contribution in [1.82, 2.24) is 9.71 Å². The lowest BCUT2D eigenvalue weighted by molar-refractivity contribution is 0.174. The maximum atomic E-state index is 11.6. The van der Waals surface area contributed by atoms with Gasteiger partial charge in [-0.25, -0.2) is 18.1 Å². The molecule has 0 bridgehead atoms. The van der Waals surface area contributed by atoms with E-state index in [4.69, 9.17) is 11.6 Å². The Labute approximate surface area is 97.2 Å². The summed E-state index contributed by atoms with van der Waals surface area (Å²) in [4.78, 5) is 3.63. The first kappa shape index (κ1) is 12.9. The van der Waals surface area contributed by atoms with Gasteiger partial charge in [-0.15, -0.1) is 0 Å². The summed E-state index contributed by atoms with van der Waals surface area (Å²) < 4.78 is 25.6. The van der Waals surface area contributed by atoms with Crippen molar-refractivity contribution in [3.63, 3.8) is 0 Å². The molecule has 0 aromatic carbocycles. The Kier molecular flexibility index (Phi) is 4.47. The smallest absolute Gasteiger partial charge is 0.251 e. The number of halogens is 1. The average molecular weight is 271 g/mol. The summed E-state index contributed by atoms with van der Waals surface area (Å²) in [6, 6.07) is 0. The van der Waals surface area contributed by atoms with E-state index in [1.807, 2.05) is 0 Å². The summed E-state index contributed by atoms with van der Waals surface area (Å²) in [6.07, 6.45) is 1.00. The zero-order valence-electron chi connectivity index (χ0n) is 7.97. The van der Waals surface area contributed by atoms with Crippen LogP contribution in [-0.2, 0) is 10.0 Å². The van der Waals surface area contributed by atoms with E-state index < -0.39 is 16.1 Å². The molecule has 86 valence electrons. The molecule has 15 heavy (non-hydrogen) atoms. The van der Waals surface area contributed by atoms with Crippen molar-refractivity contribution in [2.75, 3.05) is 6.54 Å². The molecule has 5 nitrogen and oxygen atoms in total. The number of hydrogen-bond acceptors (Lipinski definition) is 5. The van der Waals surface area contributed by atoms with Crippen LogP contribution < -0.4 is 4.72 Å². The molecule has 0 saturated carbocycles. The summed E-state index contributed by atoms with van der Waals surface area (Å²) in [6.45, 7) is 1.76. The second kappa shape index (κ2) is 5.22. The van der Waals surface area contributed by atoms with Crippen LogP contribution in [-0.4, -0.2) is 31.2 Å². The molecule has 0 amide bonds. The normalized spacial score (nSPS) is 14.1. The molecule has 0 spiro atoms. The predicted octanol–water partition coefficient (Wildman–Crippen LogP) is 0.846. The first-order valence-corrected chi connectivity index (χ1v) is 6.92. The van der Waals surface area contributed by atoms with E-state index in [1.165, 1.54) is 6.20 Å². The minimum atomic E-state index is -3.58. The number of nitrogens with zero attached hydrogens (tertiary/aromatic N) is 1. The molecule has 1 aromatic heterocycles. The van der Waals surface area contributed by atoms with Gasteiger partial charge in [0.2, 0.25) is 0 Å². The van der Waals surface area contributed by atoms with Gasteiger partial charge in [-0.05, 0) is 6.42 Å². The molecule has 1 heterocycles. The molecule has 0 aliphatic heterocycles. The second-order valence-electron chi connectivity index (χ2n) is 2.85. The molecule has 0 aliphatic carbocycles. The van der Waals surface area contributed by atoms with Gasteiger partial charge in [0, 0.05) is 6.54 Å². The Bertz CT molecular complexity index is 418. The van der Waals surface area contributed by atoms with Gasteiger partial charge in [0.15, 0.2) is 8.68 Å². The van der Waals surface area contributed by atoms with Crippen LogP contribution in [0.2, 0.25) is 4.47 Å². The van der Waals surface area contributed by atoms with Gasteiger partial charge in [-0.1, -0.05) is 29.9 Å². The van der Waals surface area contributed by atoms with Crippen LogP contribution in [0.15, 0.2) is 10.4 Å². The Hall–Kier alpha value is -0.210. The fourth-order valence-electron chi connectivity index (χ4n) is 0.785. The topological polar surface area (TPSA) is 79.3 Å². The first-order valence-electron chi connectivity index (χ1n) is 4.24. The van der Waals surface area contributed by atoms with Crippen molar-refractivity contribution in [1.29, 1.82) is 0 Å². The van der Waals surface area contributed by atoms with Gasteiger partial charge in [0.05, 0.1) is 12.3 Å². The summed E-state index contributed by atoms with van der Waals surface area (Å²) >= 11 is 6.40. The maximum absolute atomic E-state index is 11.6. The van der Waals surface area contributed by atoms with Crippen molar-refractivity contribution in [2.24, 2.45) is 0 Å². The van der Waals surface area contributed by atoms with Crippen LogP contribution in [0.4, 0.5) is 0 Å². The third-order valence-electron chi connectivity index (χ3n) is 1.70. The molecule has 1 rings (SSSR count). The molecular weight excluding hydrogens is 260 g/mol. The predicted molar refractivity (Wildman–Crippen MR) is 58.6 cm³/mol. The molecule has 8 heteroatoms. The highest BCUT2D eigenvalue weighted by atomic mass is 35.5. The molecule has 2 N–H and O–H groups in total. The largest absolute Gasteiger partial charge is 0.392 e. The van der Waals surface area contributed by atoms with Crippen molar-refractivity contribution in [3.05, 3.63) is 10.7 Å². The molecule has 1 unspecified atom stereocenters. The molecule has 0 fully saturated rings. The number of nitrogens with one attached hydrogen (secondary N) is 1.